The van der Waals surface area contributed by atoms with E-state index < -0.39 is 0 Å². The van der Waals surface area contributed by atoms with Gasteiger partial charge < -0.3 is 14.4 Å². The van der Waals surface area contributed by atoms with Crippen molar-refractivity contribution in [1.29, 1.82) is 0 Å². The Balaban J connectivity index is 1.65. The Hall–Kier alpha value is -1.48. The SMILES string of the molecule is C=C(Cc1ccc(OC)cc1)OCCC1CCN(C)CC1. The van der Waals surface area contributed by atoms with Crippen molar-refractivity contribution in [3.8, 4) is 5.75 Å². The first-order valence-corrected chi connectivity index (χ1v) is 7.79. The van der Waals surface area contributed by atoms with E-state index in [1.165, 1.54) is 31.5 Å². The standard InChI is InChI=1S/C18H27NO2/c1-15(14-17-4-6-18(20-3)7-5-17)21-13-10-16-8-11-19(2)12-9-16/h4-7,16H,1,8-14H2,2-3H3. The van der Waals surface area contributed by atoms with Crippen LogP contribution in [0.15, 0.2) is 36.6 Å². The number of allylic oxidation sites excluding steroid dienone is 1. The smallest absolute Gasteiger partial charge is 0.118 e. The summed E-state index contributed by atoms with van der Waals surface area (Å²) in [6, 6.07) is 8.07. The number of piperidine rings is 1. The maximum Gasteiger partial charge on any atom is 0.118 e. The van der Waals surface area contributed by atoms with E-state index in [4.69, 9.17) is 9.47 Å². The molecule has 3 nitrogen and oxygen atoms in total. The molecule has 0 aromatic heterocycles. The normalized spacial score (nSPS) is 16.7. The summed E-state index contributed by atoms with van der Waals surface area (Å²) in [5, 5.41) is 0. The monoisotopic (exact) mass is 289 g/mol. The van der Waals surface area contributed by atoms with E-state index in [2.05, 4.69) is 30.7 Å². The minimum atomic E-state index is 0.775. The second-order valence-corrected chi connectivity index (χ2v) is 5.95. The van der Waals surface area contributed by atoms with Gasteiger partial charge in [-0.2, -0.15) is 0 Å². The highest BCUT2D eigenvalue weighted by Crippen LogP contribution is 2.20. The molecule has 0 radical (unpaired) electrons. The molecule has 0 N–H and O–H groups in total. The number of ether oxygens (including phenoxy) is 2. The van der Waals surface area contributed by atoms with Gasteiger partial charge in [-0.25, -0.2) is 0 Å². The molecule has 0 amide bonds. The Morgan fingerprint density at radius 2 is 1.90 bits per heavy atom. The zero-order valence-electron chi connectivity index (χ0n) is 13.3. The average Bonchev–Trinajstić information content (AvgIpc) is 2.50. The molecule has 1 aromatic carbocycles. The molecule has 1 fully saturated rings. The van der Waals surface area contributed by atoms with Gasteiger partial charge in [0.1, 0.15) is 5.75 Å². The van der Waals surface area contributed by atoms with Crippen molar-refractivity contribution in [3.05, 3.63) is 42.2 Å². The van der Waals surface area contributed by atoms with Gasteiger partial charge in [0, 0.05) is 6.42 Å². The lowest BCUT2D eigenvalue weighted by molar-refractivity contribution is 0.152. The van der Waals surface area contributed by atoms with E-state index in [0.29, 0.717) is 0 Å². The van der Waals surface area contributed by atoms with Crippen LogP contribution in [0.2, 0.25) is 0 Å². The van der Waals surface area contributed by atoms with Crippen LogP contribution in [-0.2, 0) is 11.2 Å². The predicted molar refractivity (Wildman–Crippen MR) is 86.6 cm³/mol. The van der Waals surface area contributed by atoms with E-state index in [1.54, 1.807) is 7.11 Å². The third kappa shape index (κ3) is 5.43. The second-order valence-electron chi connectivity index (χ2n) is 5.95. The lowest BCUT2D eigenvalue weighted by Crippen LogP contribution is -2.30. The van der Waals surface area contributed by atoms with Crippen molar-refractivity contribution < 1.29 is 9.47 Å². The van der Waals surface area contributed by atoms with Crippen molar-refractivity contribution in [2.75, 3.05) is 33.9 Å². The summed E-state index contributed by atoms with van der Waals surface area (Å²) in [6.07, 6.45) is 4.52. The van der Waals surface area contributed by atoms with Crippen molar-refractivity contribution in [2.24, 2.45) is 5.92 Å². The number of rotatable bonds is 7. The average molecular weight is 289 g/mol. The second kappa shape index (κ2) is 8.08. The Morgan fingerprint density at radius 3 is 2.52 bits per heavy atom. The quantitative estimate of drug-likeness (QED) is 0.717. The summed E-state index contributed by atoms with van der Waals surface area (Å²) in [7, 11) is 3.88. The van der Waals surface area contributed by atoms with Crippen LogP contribution in [0.25, 0.3) is 0 Å². The molecular formula is C18H27NO2. The first-order chi connectivity index (χ1) is 10.2. The fraction of sp³-hybridized carbons (Fsp3) is 0.556. The Labute approximate surface area is 128 Å². The summed E-state index contributed by atoms with van der Waals surface area (Å²) >= 11 is 0. The zero-order chi connectivity index (χ0) is 15.1. The van der Waals surface area contributed by atoms with Crippen molar-refractivity contribution in [3.63, 3.8) is 0 Å². The Morgan fingerprint density at radius 1 is 1.24 bits per heavy atom. The van der Waals surface area contributed by atoms with Crippen LogP contribution in [0, 0.1) is 5.92 Å². The summed E-state index contributed by atoms with van der Waals surface area (Å²) in [5.74, 6) is 2.55. The van der Waals surface area contributed by atoms with Gasteiger partial charge in [-0.1, -0.05) is 18.7 Å². The largest absolute Gasteiger partial charge is 0.498 e. The van der Waals surface area contributed by atoms with Gasteiger partial charge in [-0.3, -0.25) is 0 Å². The van der Waals surface area contributed by atoms with Crippen molar-refractivity contribution in [2.45, 2.75) is 25.7 Å². The van der Waals surface area contributed by atoms with Crippen LogP contribution < -0.4 is 4.74 Å². The fourth-order valence-electron chi connectivity index (χ4n) is 2.74. The predicted octanol–water partition coefficient (Wildman–Crippen LogP) is 3.50. The third-order valence-corrected chi connectivity index (χ3v) is 4.23. The molecule has 0 bridgehead atoms. The highest BCUT2D eigenvalue weighted by atomic mass is 16.5. The molecule has 21 heavy (non-hydrogen) atoms. The molecule has 1 heterocycles. The number of hydrogen-bond donors (Lipinski definition) is 0. The van der Waals surface area contributed by atoms with E-state index in [9.17, 15) is 0 Å². The molecule has 1 aliphatic rings. The maximum atomic E-state index is 5.79. The molecule has 1 saturated heterocycles. The summed E-state index contributed by atoms with van der Waals surface area (Å²) in [4.78, 5) is 2.40. The highest BCUT2D eigenvalue weighted by molar-refractivity contribution is 5.28. The highest BCUT2D eigenvalue weighted by Gasteiger charge is 2.16. The number of benzene rings is 1. The van der Waals surface area contributed by atoms with Crippen molar-refractivity contribution in [1.82, 2.24) is 4.90 Å². The van der Waals surface area contributed by atoms with Crippen LogP contribution in [-0.4, -0.2) is 38.8 Å². The minimum absolute atomic E-state index is 0.775. The lowest BCUT2D eigenvalue weighted by atomic mass is 9.94. The van der Waals surface area contributed by atoms with Gasteiger partial charge in [0.15, 0.2) is 0 Å². The van der Waals surface area contributed by atoms with Gasteiger partial charge >= 0.3 is 0 Å². The Kier molecular flexibility index (Phi) is 6.12. The minimum Gasteiger partial charge on any atom is -0.498 e. The number of hydrogen-bond acceptors (Lipinski definition) is 3. The summed E-state index contributed by atoms with van der Waals surface area (Å²) in [5.41, 5.74) is 1.21. The van der Waals surface area contributed by atoms with Crippen LogP contribution in [0.5, 0.6) is 5.75 Å². The van der Waals surface area contributed by atoms with Gasteiger partial charge in [0.2, 0.25) is 0 Å². The third-order valence-electron chi connectivity index (χ3n) is 4.23. The molecule has 116 valence electrons. The summed E-state index contributed by atoms with van der Waals surface area (Å²) in [6.45, 7) is 7.26. The van der Waals surface area contributed by atoms with Crippen LogP contribution in [0.3, 0.4) is 0 Å². The molecule has 1 aliphatic heterocycles. The number of likely N-dealkylation sites (tertiary alicyclic amines) is 1. The van der Waals surface area contributed by atoms with Crippen LogP contribution in [0.4, 0.5) is 0 Å². The van der Waals surface area contributed by atoms with Gasteiger partial charge in [0.05, 0.1) is 19.5 Å². The van der Waals surface area contributed by atoms with Gasteiger partial charge in [0.25, 0.3) is 0 Å². The Bertz CT molecular complexity index is 433. The first-order valence-electron chi connectivity index (χ1n) is 7.79. The molecule has 0 unspecified atom stereocenters. The van der Waals surface area contributed by atoms with Crippen LogP contribution >= 0.6 is 0 Å². The molecule has 2 rings (SSSR count). The molecule has 0 saturated carbocycles. The van der Waals surface area contributed by atoms with E-state index in [1.807, 2.05) is 12.1 Å². The molecular weight excluding hydrogens is 262 g/mol. The fourth-order valence-corrected chi connectivity index (χ4v) is 2.74. The topological polar surface area (TPSA) is 21.7 Å². The van der Waals surface area contributed by atoms with E-state index in [-0.39, 0.29) is 0 Å². The van der Waals surface area contributed by atoms with Gasteiger partial charge in [-0.05, 0) is 63.0 Å². The molecule has 3 heteroatoms. The van der Waals surface area contributed by atoms with Crippen molar-refractivity contribution >= 4 is 0 Å². The van der Waals surface area contributed by atoms with Gasteiger partial charge in [-0.15, -0.1) is 0 Å². The summed E-state index contributed by atoms with van der Waals surface area (Å²) < 4.78 is 10.9. The molecule has 0 aliphatic carbocycles. The van der Waals surface area contributed by atoms with E-state index in [0.717, 1.165) is 36.9 Å². The molecule has 0 spiro atoms. The number of nitrogens with zero attached hydrogens (tertiary/aromatic N) is 1. The number of methoxy groups -OCH3 is 1. The van der Waals surface area contributed by atoms with E-state index >= 15 is 0 Å². The first kappa shape index (κ1) is 15.9. The van der Waals surface area contributed by atoms with Crippen LogP contribution in [0.1, 0.15) is 24.8 Å². The molecule has 1 aromatic rings. The lowest BCUT2D eigenvalue weighted by Gasteiger charge is -2.28. The molecule has 0 atom stereocenters. The maximum absolute atomic E-state index is 5.79. The zero-order valence-corrected chi connectivity index (χ0v) is 13.3.